The second kappa shape index (κ2) is 5.62. The van der Waals surface area contributed by atoms with Crippen molar-refractivity contribution >= 4 is 25.8 Å². The molecule has 1 aliphatic rings. The Labute approximate surface area is 135 Å². The van der Waals surface area contributed by atoms with Crippen LogP contribution in [0.3, 0.4) is 0 Å². The smallest absolute Gasteiger partial charge is 0.360 e. The van der Waals surface area contributed by atoms with Crippen molar-refractivity contribution in [1.29, 1.82) is 0 Å². The van der Waals surface area contributed by atoms with Gasteiger partial charge in [-0.25, -0.2) is 12.7 Å². The maximum atomic E-state index is 11.6. The first-order chi connectivity index (χ1) is 10.4. The monoisotopic (exact) mass is 365 g/mol. The summed E-state index contributed by atoms with van der Waals surface area (Å²) in [5.74, 6) is -0.347. The molecule has 0 fully saturated rings. The van der Waals surface area contributed by atoms with Gasteiger partial charge in [-0.15, -0.1) is 0 Å². The minimum atomic E-state index is -4.74. The van der Waals surface area contributed by atoms with Gasteiger partial charge >= 0.3 is 10.3 Å². The Hall–Kier alpha value is -1.36. The van der Waals surface area contributed by atoms with Gasteiger partial charge in [0.2, 0.25) is 6.29 Å². The van der Waals surface area contributed by atoms with Crippen molar-refractivity contribution < 1.29 is 30.9 Å². The van der Waals surface area contributed by atoms with E-state index >= 15 is 0 Å². The van der Waals surface area contributed by atoms with Crippen LogP contribution < -0.4 is 9.04 Å². The zero-order valence-corrected chi connectivity index (χ0v) is 14.8. The molecule has 10 heteroatoms. The van der Waals surface area contributed by atoms with E-state index in [2.05, 4.69) is 0 Å². The molecule has 1 heterocycles. The van der Waals surface area contributed by atoms with Gasteiger partial charge in [0, 0.05) is 18.9 Å². The summed E-state index contributed by atoms with van der Waals surface area (Å²) in [5, 5.41) is 0. The number of methoxy groups -OCH3 is 1. The van der Waals surface area contributed by atoms with Crippen LogP contribution in [0.15, 0.2) is 18.2 Å². The summed E-state index contributed by atoms with van der Waals surface area (Å²) in [7, 11) is -6.93. The van der Waals surface area contributed by atoms with Gasteiger partial charge in [0.25, 0.3) is 0 Å². The molecular weight excluding hydrogens is 346 g/mol. The molecule has 23 heavy (non-hydrogen) atoms. The van der Waals surface area contributed by atoms with Crippen molar-refractivity contribution in [2.24, 2.45) is 0 Å². The lowest BCUT2D eigenvalue weighted by atomic mass is 9.85. The van der Waals surface area contributed by atoms with Gasteiger partial charge in [-0.3, -0.25) is 4.55 Å². The van der Waals surface area contributed by atoms with Gasteiger partial charge < -0.3 is 9.47 Å². The van der Waals surface area contributed by atoms with E-state index in [9.17, 15) is 21.4 Å². The lowest BCUT2D eigenvalue weighted by molar-refractivity contribution is -0.0779. The molecule has 8 nitrogen and oxygen atoms in total. The van der Waals surface area contributed by atoms with Crippen molar-refractivity contribution in [3.63, 3.8) is 0 Å². The van der Waals surface area contributed by atoms with E-state index in [4.69, 9.17) is 9.47 Å². The minimum Gasteiger partial charge on any atom is -0.464 e. The fraction of sp³-hybridized carbons (Fsp3) is 0.538. The van der Waals surface area contributed by atoms with E-state index < -0.39 is 37.7 Å². The van der Waals surface area contributed by atoms with Crippen LogP contribution in [0.25, 0.3) is 0 Å². The van der Waals surface area contributed by atoms with Crippen LogP contribution in [0.2, 0.25) is 0 Å². The lowest BCUT2D eigenvalue weighted by Gasteiger charge is -2.25. The fourth-order valence-corrected chi connectivity index (χ4v) is 4.56. The minimum absolute atomic E-state index is 0.0325. The first-order valence-corrected chi connectivity index (χ1v) is 10.1. The molecule has 0 aliphatic carbocycles. The third-order valence-corrected chi connectivity index (χ3v) is 5.40. The number of benzene rings is 1. The second-order valence-corrected chi connectivity index (χ2v) is 9.41. The highest BCUT2D eigenvalue weighted by Crippen LogP contribution is 2.44. The summed E-state index contributed by atoms with van der Waals surface area (Å²) < 4.78 is 66.7. The van der Waals surface area contributed by atoms with Crippen LogP contribution in [0, 0.1) is 0 Å². The molecule has 0 saturated carbocycles. The zero-order chi connectivity index (χ0) is 17.6. The van der Waals surface area contributed by atoms with E-state index in [1.807, 2.05) is 13.8 Å². The number of hydrogen-bond acceptors (Lipinski definition) is 6. The molecule has 130 valence electrons. The van der Waals surface area contributed by atoms with Gasteiger partial charge in [-0.2, -0.15) is 8.42 Å². The molecule has 0 amide bonds. The predicted molar refractivity (Wildman–Crippen MR) is 84.6 cm³/mol. The molecule has 0 radical (unpaired) electrons. The number of fused-ring (bicyclic) bond motifs is 1. The van der Waals surface area contributed by atoms with Crippen LogP contribution in [-0.2, 0) is 30.3 Å². The first-order valence-electron chi connectivity index (χ1n) is 6.63. The maximum absolute atomic E-state index is 11.6. The molecule has 1 aromatic rings. The normalized spacial score (nSPS) is 20.0. The fourth-order valence-electron chi connectivity index (χ4n) is 2.50. The Kier molecular flexibility index (Phi) is 4.39. The van der Waals surface area contributed by atoms with Crippen molar-refractivity contribution in [3.8, 4) is 5.75 Å². The van der Waals surface area contributed by atoms with E-state index in [0.29, 0.717) is 15.6 Å². The Bertz CT molecular complexity index is 815. The topological polar surface area (TPSA) is 110 Å². The summed E-state index contributed by atoms with van der Waals surface area (Å²) in [4.78, 5) is 0. The molecule has 1 atom stereocenters. The number of sulfone groups is 1. The SMILES string of the molecule is COC1Oc2ccc(N(CS(C)(=O)=O)S(=O)(=O)O)cc2C1(C)C. The van der Waals surface area contributed by atoms with E-state index in [-0.39, 0.29) is 5.69 Å². The highest BCUT2D eigenvalue weighted by Gasteiger charge is 2.42. The first kappa shape index (κ1) is 18.0. The van der Waals surface area contributed by atoms with E-state index in [1.54, 1.807) is 0 Å². The largest absolute Gasteiger partial charge is 0.464 e. The molecule has 0 bridgehead atoms. The van der Waals surface area contributed by atoms with Crippen LogP contribution in [0.4, 0.5) is 5.69 Å². The average molecular weight is 365 g/mol. The second-order valence-electron chi connectivity index (χ2n) is 5.97. The number of rotatable bonds is 5. The van der Waals surface area contributed by atoms with Crippen LogP contribution in [0.1, 0.15) is 19.4 Å². The standard InChI is InChI=1S/C13H19NO7S2/c1-13(2)10-7-9(5-6-11(10)21-12(13)20-3)14(23(17,18)19)8-22(4,15)16/h5-7,12H,8H2,1-4H3,(H,17,18,19). The molecule has 0 aromatic heterocycles. The van der Waals surface area contributed by atoms with Gasteiger partial charge in [0.15, 0.2) is 9.84 Å². The molecule has 1 aromatic carbocycles. The molecule has 2 rings (SSSR count). The summed E-state index contributed by atoms with van der Waals surface area (Å²) in [6.45, 7) is 3.70. The maximum Gasteiger partial charge on any atom is 0.360 e. The van der Waals surface area contributed by atoms with Gasteiger partial charge in [0.1, 0.15) is 11.6 Å². The number of anilines is 1. The zero-order valence-electron chi connectivity index (χ0n) is 13.2. The van der Waals surface area contributed by atoms with Crippen LogP contribution in [0.5, 0.6) is 5.75 Å². The van der Waals surface area contributed by atoms with Gasteiger partial charge in [-0.1, -0.05) is 0 Å². The lowest BCUT2D eigenvalue weighted by Crippen LogP contribution is -2.35. The Morgan fingerprint density at radius 3 is 2.39 bits per heavy atom. The van der Waals surface area contributed by atoms with Gasteiger partial charge in [0.05, 0.1) is 11.1 Å². The molecule has 1 unspecified atom stereocenters. The third-order valence-electron chi connectivity index (χ3n) is 3.61. The molecular formula is C13H19NO7S2. The quantitative estimate of drug-likeness (QED) is 0.773. The van der Waals surface area contributed by atoms with Crippen molar-refractivity contribution in [2.75, 3.05) is 23.5 Å². The summed E-state index contributed by atoms with van der Waals surface area (Å²) >= 11 is 0. The summed E-state index contributed by atoms with van der Waals surface area (Å²) in [6, 6.07) is 4.37. The van der Waals surface area contributed by atoms with Crippen molar-refractivity contribution in [3.05, 3.63) is 23.8 Å². The van der Waals surface area contributed by atoms with Crippen LogP contribution in [-0.4, -0.2) is 46.9 Å². The number of nitrogens with zero attached hydrogens (tertiary/aromatic N) is 1. The van der Waals surface area contributed by atoms with Crippen molar-refractivity contribution in [2.45, 2.75) is 25.6 Å². The summed E-state index contributed by atoms with van der Waals surface area (Å²) in [6.07, 6.45) is 0.328. The predicted octanol–water partition coefficient (Wildman–Crippen LogP) is 0.940. The molecule has 0 spiro atoms. The number of hydrogen-bond donors (Lipinski definition) is 1. The average Bonchev–Trinajstić information content (AvgIpc) is 2.65. The highest BCUT2D eigenvalue weighted by molar-refractivity contribution is 7.93. The molecule has 1 aliphatic heterocycles. The Morgan fingerprint density at radius 1 is 1.30 bits per heavy atom. The molecule has 0 saturated heterocycles. The van der Waals surface area contributed by atoms with E-state index in [1.165, 1.54) is 25.3 Å². The number of ether oxygens (including phenoxy) is 2. The van der Waals surface area contributed by atoms with Crippen molar-refractivity contribution in [1.82, 2.24) is 0 Å². The molecule has 1 N–H and O–H groups in total. The van der Waals surface area contributed by atoms with Gasteiger partial charge in [-0.05, 0) is 32.0 Å². The van der Waals surface area contributed by atoms with Crippen LogP contribution >= 0.6 is 0 Å². The third kappa shape index (κ3) is 3.60. The summed E-state index contributed by atoms with van der Waals surface area (Å²) in [5.41, 5.74) is 0.116. The Balaban J connectivity index is 2.53. The highest BCUT2D eigenvalue weighted by atomic mass is 32.2. The Morgan fingerprint density at radius 2 is 1.91 bits per heavy atom. The van der Waals surface area contributed by atoms with E-state index in [0.717, 1.165) is 6.26 Å².